The number of nitrogens with one attached hydrogen (secondary N) is 1. The Balaban J connectivity index is 2.21. The van der Waals surface area contributed by atoms with Crippen LogP contribution in [0.2, 0.25) is 0 Å². The number of hydrogen-bond acceptors (Lipinski definition) is 1. The molecule has 0 radical (unpaired) electrons. The normalized spacial score (nSPS) is 13.6. The number of likely N-dealkylation sites (N-methyl/N-ethyl adjacent to an activating group) is 1. The smallest absolute Gasteiger partial charge is 0.0456 e. The third kappa shape index (κ3) is 2.21. The van der Waals surface area contributed by atoms with Crippen LogP contribution in [0.3, 0.4) is 0 Å². The topological polar surface area (TPSA) is 19.0 Å². The summed E-state index contributed by atoms with van der Waals surface area (Å²) in [6.07, 6.45) is 3.09. The summed E-state index contributed by atoms with van der Waals surface area (Å²) in [5.41, 5.74) is 2.63. The van der Waals surface area contributed by atoms with Gasteiger partial charge in [0.1, 0.15) is 0 Å². The van der Waals surface area contributed by atoms with Gasteiger partial charge in [-0.2, -0.15) is 0 Å². The van der Waals surface area contributed by atoms with E-state index in [0.717, 1.165) is 6.42 Å². The summed E-state index contributed by atoms with van der Waals surface area (Å²) in [6, 6.07) is 9.33. The number of fused-ring (bicyclic) bond motifs is 1. The Kier molecular flexibility index (Phi) is 2.78. The quantitative estimate of drug-likeness (QED) is 0.810. The van der Waals surface area contributed by atoms with Crippen LogP contribution in [0.25, 0.3) is 10.9 Å². The van der Waals surface area contributed by atoms with Gasteiger partial charge in [-0.1, -0.05) is 12.1 Å². The van der Waals surface area contributed by atoms with Crippen LogP contribution in [0.1, 0.15) is 12.5 Å². The van der Waals surface area contributed by atoms with Crippen LogP contribution in [0.4, 0.5) is 0 Å². The molecule has 0 aliphatic heterocycles. The second-order valence-corrected chi connectivity index (χ2v) is 4.42. The zero-order valence-corrected chi connectivity index (χ0v) is 9.62. The second-order valence-electron chi connectivity index (χ2n) is 4.42. The van der Waals surface area contributed by atoms with Crippen molar-refractivity contribution >= 4 is 10.9 Å². The van der Waals surface area contributed by atoms with Gasteiger partial charge in [-0.3, -0.25) is 0 Å². The van der Waals surface area contributed by atoms with Crippen LogP contribution < -0.4 is 0 Å². The molecule has 1 heterocycles. The molecule has 1 N–H and O–H groups in total. The first-order valence-corrected chi connectivity index (χ1v) is 5.39. The van der Waals surface area contributed by atoms with Crippen LogP contribution in [0, 0.1) is 0 Å². The molecule has 1 unspecified atom stereocenters. The molecule has 0 spiro atoms. The highest BCUT2D eigenvalue weighted by Crippen LogP contribution is 2.15. The van der Waals surface area contributed by atoms with Crippen molar-refractivity contribution in [1.29, 1.82) is 0 Å². The Bertz CT molecular complexity index is 442. The Morgan fingerprint density at radius 1 is 1.27 bits per heavy atom. The molecule has 0 aliphatic carbocycles. The van der Waals surface area contributed by atoms with Gasteiger partial charge in [-0.15, -0.1) is 0 Å². The summed E-state index contributed by atoms with van der Waals surface area (Å²) < 4.78 is 0. The molecule has 2 rings (SSSR count). The van der Waals surface area contributed by atoms with E-state index < -0.39 is 0 Å². The molecule has 1 atom stereocenters. The van der Waals surface area contributed by atoms with Gasteiger partial charge >= 0.3 is 0 Å². The molecule has 0 fully saturated rings. The summed E-state index contributed by atoms with van der Waals surface area (Å²) in [5.74, 6) is 0. The molecular weight excluding hydrogens is 184 g/mol. The van der Waals surface area contributed by atoms with Crippen LogP contribution in [0.5, 0.6) is 0 Å². The number of aromatic amines is 1. The highest BCUT2D eigenvalue weighted by Gasteiger charge is 2.06. The van der Waals surface area contributed by atoms with Gasteiger partial charge in [-0.05, 0) is 50.5 Å². The molecular formula is C13H18N2. The van der Waals surface area contributed by atoms with Crippen molar-refractivity contribution in [2.24, 2.45) is 0 Å². The van der Waals surface area contributed by atoms with Gasteiger partial charge in [0.15, 0.2) is 0 Å². The molecule has 0 bridgehead atoms. The number of nitrogens with zero attached hydrogens (tertiary/aromatic N) is 1. The maximum Gasteiger partial charge on any atom is 0.0456 e. The first-order valence-electron chi connectivity index (χ1n) is 5.39. The molecule has 0 saturated carbocycles. The summed E-state index contributed by atoms with van der Waals surface area (Å²) in [6.45, 7) is 2.25. The van der Waals surface area contributed by atoms with Crippen molar-refractivity contribution in [1.82, 2.24) is 9.88 Å². The molecule has 15 heavy (non-hydrogen) atoms. The highest BCUT2D eigenvalue weighted by atomic mass is 15.1. The van der Waals surface area contributed by atoms with E-state index in [0.29, 0.717) is 6.04 Å². The number of hydrogen-bond donors (Lipinski definition) is 1. The standard InChI is InChI=1S/C13H18N2/c1-10(15(2)3)8-11-4-5-12-6-7-14-13(12)9-11/h4-7,9-10,14H,8H2,1-3H3. The third-order valence-corrected chi connectivity index (χ3v) is 3.03. The second kappa shape index (κ2) is 4.07. The van der Waals surface area contributed by atoms with E-state index in [2.05, 4.69) is 55.2 Å². The van der Waals surface area contributed by atoms with Crippen molar-refractivity contribution in [3.8, 4) is 0 Å². The number of benzene rings is 1. The lowest BCUT2D eigenvalue weighted by molar-refractivity contribution is 0.312. The molecule has 2 aromatic rings. The van der Waals surface area contributed by atoms with Crippen LogP contribution in [0.15, 0.2) is 30.5 Å². The molecule has 0 aliphatic rings. The minimum atomic E-state index is 0.581. The fourth-order valence-corrected chi connectivity index (χ4v) is 1.75. The first kappa shape index (κ1) is 10.2. The predicted molar refractivity (Wildman–Crippen MR) is 65.2 cm³/mol. The first-order chi connectivity index (χ1) is 7.16. The summed E-state index contributed by atoms with van der Waals surface area (Å²) in [5, 5.41) is 1.29. The Morgan fingerprint density at radius 3 is 2.80 bits per heavy atom. The summed E-state index contributed by atoms with van der Waals surface area (Å²) in [4.78, 5) is 5.50. The van der Waals surface area contributed by atoms with E-state index in [4.69, 9.17) is 0 Å². The van der Waals surface area contributed by atoms with E-state index in [-0.39, 0.29) is 0 Å². The number of H-pyrrole nitrogens is 1. The fraction of sp³-hybridized carbons (Fsp3) is 0.385. The van der Waals surface area contributed by atoms with Crippen molar-refractivity contribution in [2.45, 2.75) is 19.4 Å². The Hall–Kier alpha value is -1.28. The van der Waals surface area contributed by atoms with Crippen LogP contribution in [-0.2, 0) is 6.42 Å². The predicted octanol–water partition coefficient (Wildman–Crippen LogP) is 2.66. The zero-order valence-electron chi connectivity index (χ0n) is 9.62. The minimum absolute atomic E-state index is 0.581. The molecule has 80 valence electrons. The van der Waals surface area contributed by atoms with Crippen molar-refractivity contribution < 1.29 is 0 Å². The van der Waals surface area contributed by atoms with Crippen molar-refractivity contribution in [2.75, 3.05) is 14.1 Å². The Morgan fingerprint density at radius 2 is 2.07 bits per heavy atom. The fourth-order valence-electron chi connectivity index (χ4n) is 1.75. The minimum Gasteiger partial charge on any atom is -0.361 e. The average molecular weight is 202 g/mol. The Labute approximate surface area is 90.9 Å². The maximum atomic E-state index is 3.25. The molecule has 1 aromatic heterocycles. The molecule has 0 saturated heterocycles. The van der Waals surface area contributed by atoms with Gasteiger partial charge in [0.05, 0.1) is 0 Å². The van der Waals surface area contributed by atoms with Crippen molar-refractivity contribution in [3.63, 3.8) is 0 Å². The molecule has 1 aromatic carbocycles. The van der Waals surface area contributed by atoms with Gasteiger partial charge in [0.25, 0.3) is 0 Å². The number of aromatic nitrogens is 1. The summed E-state index contributed by atoms with van der Waals surface area (Å²) >= 11 is 0. The lowest BCUT2D eigenvalue weighted by Crippen LogP contribution is -2.26. The highest BCUT2D eigenvalue weighted by molar-refractivity contribution is 5.79. The van der Waals surface area contributed by atoms with E-state index in [1.54, 1.807) is 0 Å². The van der Waals surface area contributed by atoms with E-state index >= 15 is 0 Å². The zero-order chi connectivity index (χ0) is 10.8. The van der Waals surface area contributed by atoms with E-state index in [1.807, 2.05) is 6.20 Å². The van der Waals surface area contributed by atoms with Gasteiger partial charge in [0, 0.05) is 17.8 Å². The lowest BCUT2D eigenvalue weighted by atomic mass is 10.1. The monoisotopic (exact) mass is 202 g/mol. The third-order valence-electron chi connectivity index (χ3n) is 3.03. The SMILES string of the molecule is CC(Cc1ccc2cc[nH]c2c1)N(C)C. The van der Waals surface area contributed by atoms with Crippen LogP contribution >= 0.6 is 0 Å². The largest absolute Gasteiger partial charge is 0.361 e. The molecule has 2 heteroatoms. The lowest BCUT2D eigenvalue weighted by Gasteiger charge is -2.19. The molecule has 0 amide bonds. The number of rotatable bonds is 3. The van der Waals surface area contributed by atoms with Gasteiger partial charge < -0.3 is 9.88 Å². The van der Waals surface area contributed by atoms with E-state index in [1.165, 1.54) is 16.5 Å². The maximum absolute atomic E-state index is 3.25. The van der Waals surface area contributed by atoms with Crippen LogP contribution in [-0.4, -0.2) is 30.0 Å². The van der Waals surface area contributed by atoms with Gasteiger partial charge in [-0.25, -0.2) is 0 Å². The summed E-state index contributed by atoms with van der Waals surface area (Å²) in [7, 11) is 4.25. The van der Waals surface area contributed by atoms with Gasteiger partial charge in [0.2, 0.25) is 0 Å². The average Bonchev–Trinajstić information content (AvgIpc) is 2.64. The van der Waals surface area contributed by atoms with Crippen molar-refractivity contribution in [3.05, 3.63) is 36.0 Å². The van der Waals surface area contributed by atoms with E-state index in [9.17, 15) is 0 Å². The molecule has 2 nitrogen and oxygen atoms in total.